The summed E-state index contributed by atoms with van der Waals surface area (Å²) < 4.78 is 0. The summed E-state index contributed by atoms with van der Waals surface area (Å²) in [6, 6.07) is 0.915. The maximum atomic E-state index is 12.1. The van der Waals surface area contributed by atoms with Gasteiger partial charge in [0.05, 0.1) is 20.4 Å². The van der Waals surface area contributed by atoms with Gasteiger partial charge in [0.1, 0.15) is 10.4 Å². The zero-order valence-corrected chi connectivity index (χ0v) is 11.6. The molecular weight excluding hydrogens is 345 g/mol. The number of nitro groups is 2. The van der Waals surface area contributed by atoms with Gasteiger partial charge >= 0.3 is 16.9 Å². The van der Waals surface area contributed by atoms with Crippen molar-refractivity contribution in [3.63, 3.8) is 0 Å². The molecule has 0 unspecified atom stereocenters. The van der Waals surface area contributed by atoms with Crippen LogP contribution in [0, 0.1) is 20.2 Å². The number of benzene rings is 1. The third-order valence-electron chi connectivity index (χ3n) is 2.69. The minimum atomic E-state index is -1.54. The zero-order valence-electron chi connectivity index (χ0n) is 10.1. The van der Waals surface area contributed by atoms with Crippen LogP contribution in [-0.2, 0) is 0 Å². The lowest BCUT2D eigenvalue weighted by Gasteiger charge is -2.00. The first-order valence-electron chi connectivity index (χ1n) is 5.26. The number of hydrogen-bond donors (Lipinski definition) is 2. The number of aromatic nitrogens is 1. The minimum Gasteiger partial charge on any atom is -0.499 e. The number of aromatic hydroxyl groups is 1. The van der Waals surface area contributed by atoms with Crippen LogP contribution in [0.15, 0.2) is 15.7 Å². The summed E-state index contributed by atoms with van der Waals surface area (Å²) in [6.45, 7) is 0. The van der Waals surface area contributed by atoms with E-state index in [9.17, 15) is 34.9 Å². The third-order valence-corrected chi connectivity index (χ3v) is 3.47. The fourth-order valence-corrected chi connectivity index (χ4v) is 2.21. The molecule has 2 aromatic rings. The lowest BCUT2D eigenvalue weighted by molar-refractivity contribution is -0.387. The van der Waals surface area contributed by atoms with Crippen LogP contribution >= 0.6 is 23.2 Å². The highest BCUT2D eigenvalue weighted by Crippen LogP contribution is 2.37. The van der Waals surface area contributed by atoms with E-state index in [-0.39, 0.29) is 5.02 Å². The van der Waals surface area contributed by atoms with Crippen molar-refractivity contribution in [2.75, 3.05) is 0 Å². The van der Waals surface area contributed by atoms with E-state index < -0.39 is 53.9 Å². The summed E-state index contributed by atoms with van der Waals surface area (Å²) in [4.78, 5) is 45.2. The molecule has 1 aromatic heterocycles. The van der Waals surface area contributed by atoms with E-state index in [2.05, 4.69) is 0 Å². The zero-order chi connectivity index (χ0) is 16.8. The van der Waals surface area contributed by atoms with Crippen molar-refractivity contribution < 1.29 is 15.0 Å². The molecule has 0 aliphatic carbocycles. The van der Waals surface area contributed by atoms with Crippen molar-refractivity contribution in [3.8, 4) is 5.75 Å². The number of H-pyrrole nitrogens is 1. The molecule has 0 atom stereocenters. The Morgan fingerprint density at radius 3 is 2.14 bits per heavy atom. The molecule has 0 spiro atoms. The quantitative estimate of drug-likeness (QED) is 0.618. The molecule has 0 bridgehead atoms. The normalized spacial score (nSPS) is 10.6. The number of hydrogen-bond acceptors (Lipinski definition) is 7. The molecule has 0 amide bonds. The van der Waals surface area contributed by atoms with Crippen LogP contribution in [0.3, 0.4) is 0 Å². The number of rotatable bonds is 2. The van der Waals surface area contributed by atoms with Crippen molar-refractivity contribution in [2.24, 2.45) is 0 Å². The predicted octanol–water partition coefficient (Wildman–Crippen LogP) is 1.72. The maximum absolute atomic E-state index is 12.1. The fourth-order valence-electron chi connectivity index (χ4n) is 1.80. The van der Waals surface area contributed by atoms with Crippen LogP contribution in [0.1, 0.15) is 0 Å². The molecule has 0 radical (unpaired) electrons. The fraction of sp³-hybridized carbons (Fsp3) is 0. The Morgan fingerprint density at radius 2 is 1.64 bits per heavy atom. The van der Waals surface area contributed by atoms with Crippen molar-refractivity contribution in [1.29, 1.82) is 0 Å². The van der Waals surface area contributed by atoms with Crippen LogP contribution in [0.2, 0.25) is 10.0 Å². The minimum absolute atomic E-state index is 0.357. The van der Waals surface area contributed by atoms with Gasteiger partial charge in [0.25, 0.3) is 0 Å². The number of halogens is 2. The molecule has 0 saturated heterocycles. The maximum Gasteiger partial charge on any atom is 0.379 e. The Bertz CT molecular complexity index is 969. The van der Waals surface area contributed by atoms with Crippen LogP contribution in [-0.4, -0.2) is 19.9 Å². The number of fused-ring (bicyclic) bond motifs is 1. The Balaban J connectivity index is 3.30. The van der Waals surface area contributed by atoms with E-state index >= 15 is 0 Å². The molecule has 2 N–H and O–H groups in total. The summed E-state index contributed by atoms with van der Waals surface area (Å²) >= 11 is 11.3. The van der Waals surface area contributed by atoms with E-state index in [1.807, 2.05) is 4.98 Å². The second kappa shape index (κ2) is 5.24. The van der Waals surface area contributed by atoms with Crippen LogP contribution in [0.4, 0.5) is 11.4 Å². The van der Waals surface area contributed by atoms with Gasteiger partial charge in [0.15, 0.2) is 0 Å². The molecule has 0 fully saturated rings. The Labute approximate surface area is 128 Å². The molecule has 0 aliphatic rings. The van der Waals surface area contributed by atoms with Gasteiger partial charge in [-0.2, -0.15) is 0 Å². The summed E-state index contributed by atoms with van der Waals surface area (Å²) in [6.07, 6.45) is 0. The van der Waals surface area contributed by atoms with Gasteiger partial charge in [-0.25, -0.2) is 0 Å². The monoisotopic (exact) mass is 347 g/mol. The predicted molar refractivity (Wildman–Crippen MR) is 75.8 cm³/mol. The molecule has 0 aliphatic heterocycles. The van der Waals surface area contributed by atoms with Crippen LogP contribution < -0.4 is 11.0 Å². The van der Waals surface area contributed by atoms with Crippen molar-refractivity contribution >= 4 is 45.5 Å². The molecule has 12 heteroatoms. The Kier molecular flexibility index (Phi) is 3.73. The van der Waals surface area contributed by atoms with Gasteiger partial charge in [-0.3, -0.25) is 29.8 Å². The van der Waals surface area contributed by atoms with Crippen molar-refractivity contribution in [1.82, 2.24) is 4.98 Å². The lowest BCUT2D eigenvalue weighted by Crippen LogP contribution is -2.09. The van der Waals surface area contributed by atoms with E-state index in [1.54, 1.807) is 0 Å². The largest absolute Gasteiger partial charge is 0.499 e. The lowest BCUT2D eigenvalue weighted by atomic mass is 10.2. The van der Waals surface area contributed by atoms with E-state index in [1.165, 1.54) is 0 Å². The Hall–Kier alpha value is -2.72. The highest BCUT2D eigenvalue weighted by molar-refractivity contribution is 6.44. The summed E-state index contributed by atoms with van der Waals surface area (Å²) in [5, 5.41) is 29.7. The topological polar surface area (TPSA) is 156 Å². The third kappa shape index (κ3) is 2.23. The molecule has 1 heterocycles. The van der Waals surface area contributed by atoms with Crippen LogP contribution in [0.5, 0.6) is 5.75 Å². The molecule has 1 aromatic carbocycles. The summed E-state index contributed by atoms with van der Waals surface area (Å²) in [5.41, 5.74) is -5.82. The molecule has 22 heavy (non-hydrogen) atoms. The van der Waals surface area contributed by atoms with Crippen LogP contribution in [0.25, 0.3) is 10.9 Å². The molecule has 114 valence electrons. The summed E-state index contributed by atoms with van der Waals surface area (Å²) in [7, 11) is 0. The van der Waals surface area contributed by atoms with E-state index in [0.717, 1.165) is 6.07 Å². The van der Waals surface area contributed by atoms with Gasteiger partial charge in [-0.1, -0.05) is 23.2 Å². The van der Waals surface area contributed by atoms with Crippen molar-refractivity contribution in [3.05, 3.63) is 56.9 Å². The first-order valence-corrected chi connectivity index (χ1v) is 6.02. The van der Waals surface area contributed by atoms with Gasteiger partial charge in [-0.05, 0) is 6.07 Å². The molecule has 10 nitrogen and oxygen atoms in total. The van der Waals surface area contributed by atoms with Gasteiger partial charge in [0.2, 0.25) is 11.2 Å². The average Bonchev–Trinajstić information content (AvgIpc) is 2.48. The SMILES string of the molecule is O=c1[nH]c2cc(Cl)c(Cl)c([N+](=O)[O-])c2c(=O)c(O)c1[N+](=O)[O-]. The number of nitrogens with one attached hydrogen (secondary N) is 1. The second-order valence-electron chi connectivity index (χ2n) is 3.94. The second-order valence-corrected chi connectivity index (χ2v) is 4.72. The molecule has 2 rings (SSSR count). The highest BCUT2D eigenvalue weighted by Gasteiger charge is 2.29. The standard InChI is InChI=1S/C10H3Cl2N3O7/c11-2-1-3-4(6(5(2)12)14(19)20)8(16)9(17)7(15(21)22)10(18)13-3/h1H,(H,13,18)(H,16,17). The summed E-state index contributed by atoms with van der Waals surface area (Å²) in [5.74, 6) is -1.54. The Morgan fingerprint density at radius 1 is 1.09 bits per heavy atom. The number of aromatic amines is 1. The average molecular weight is 348 g/mol. The first kappa shape index (κ1) is 15.7. The van der Waals surface area contributed by atoms with Gasteiger partial charge in [0, 0.05) is 0 Å². The number of nitrogens with zero attached hydrogens (tertiary/aromatic N) is 2. The van der Waals surface area contributed by atoms with Crippen molar-refractivity contribution in [2.45, 2.75) is 0 Å². The molecular formula is C10H3Cl2N3O7. The smallest absolute Gasteiger partial charge is 0.379 e. The van der Waals surface area contributed by atoms with E-state index in [4.69, 9.17) is 23.2 Å². The molecule has 0 saturated carbocycles. The van der Waals surface area contributed by atoms with Gasteiger partial charge in [-0.15, -0.1) is 0 Å². The van der Waals surface area contributed by atoms with Gasteiger partial charge < -0.3 is 10.1 Å². The van der Waals surface area contributed by atoms with E-state index in [0.29, 0.717) is 0 Å². The highest BCUT2D eigenvalue weighted by atomic mass is 35.5. The number of nitro benzene ring substituents is 1. The first-order chi connectivity index (χ1) is 10.2.